The lowest BCUT2D eigenvalue weighted by Crippen LogP contribution is -2.39. The summed E-state index contributed by atoms with van der Waals surface area (Å²) >= 11 is 5.92. The number of pyridine rings is 1. The topological polar surface area (TPSA) is 63.2 Å². The van der Waals surface area contributed by atoms with Gasteiger partial charge in [0, 0.05) is 28.2 Å². The van der Waals surface area contributed by atoms with E-state index in [2.05, 4.69) is 15.6 Å². The number of carbonyl (C=O) groups is 1. The normalized spacial score (nSPS) is 11.8. The van der Waals surface area contributed by atoms with Gasteiger partial charge in [-0.25, -0.2) is 4.79 Å². The van der Waals surface area contributed by atoms with E-state index >= 15 is 0 Å². The predicted molar refractivity (Wildman–Crippen MR) is 100 cm³/mol. The van der Waals surface area contributed by atoms with E-state index in [1.54, 1.807) is 24.5 Å². The Kier molecular flexibility index (Phi) is 5.36. The number of fused-ring (bicyclic) bond motifs is 1. The van der Waals surface area contributed by atoms with Gasteiger partial charge in [-0.2, -0.15) is 0 Å². The van der Waals surface area contributed by atoms with Crippen molar-refractivity contribution in [1.82, 2.24) is 10.3 Å². The number of ether oxygens (including phenoxy) is 1. The molecule has 25 heavy (non-hydrogen) atoms. The molecular weight excluding hydrogens is 338 g/mol. The van der Waals surface area contributed by atoms with E-state index in [1.165, 1.54) is 0 Å². The van der Waals surface area contributed by atoms with Crippen LogP contribution in [0.5, 0.6) is 5.75 Å². The minimum absolute atomic E-state index is 0.171. The maximum absolute atomic E-state index is 12.2. The number of aromatic nitrogens is 1. The molecule has 2 N–H and O–H groups in total. The quantitative estimate of drug-likeness (QED) is 0.709. The lowest BCUT2D eigenvalue weighted by molar-refractivity contribution is 0.236. The van der Waals surface area contributed by atoms with Gasteiger partial charge in [-0.15, -0.1) is 0 Å². The number of hydrogen-bond acceptors (Lipinski definition) is 3. The number of anilines is 1. The van der Waals surface area contributed by atoms with Crippen LogP contribution in [0, 0.1) is 0 Å². The average Bonchev–Trinajstić information content (AvgIpc) is 2.60. The zero-order chi connectivity index (χ0) is 17.6. The lowest BCUT2D eigenvalue weighted by atomic mass is 10.1. The molecule has 6 heteroatoms. The van der Waals surface area contributed by atoms with Crippen LogP contribution in [0.15, 0.2) is 60.9 Å². The molecule has 0 fully saturated rings. The van der Waals surface area contributed by atoms with Gasteiger partial charge in [-0.1, -0.05) is 29.8 Å². The van der Waals surface area contributed by atoms with E-state index in [0.717, 1.165) is 16.5 Å². The molecule has 1 heterocycles. The Morgan fingerprint density at radius 1 is 1.24 bits per heavy atom. The van der Waals surface area contributed by atoms with Crippen molar-refractivity contribution < 1.29 is 9.53 Å². The first-order valence-corrected chi connectivity index (χ1v) is 8.28. The van der Waals surface area contributed by atoms with Gasteiger partial charge in [0.1, 0.15) is 12.4 Å². The first-order chi connectivity index (χ1) is 12.1. The van der Waals surface area contributed by atoms with Gasteiger partial charge in [0.15, 0.2) is 0 Å². The molecule has 0 aliphatic heterocycles. The van der Waals surface area contributed by atoms with Gasteiger partial charge in [-0.3, -0.25) is 4.98 Å². The Hall–Kier alpha value is -2.79. The second-order valence-corrected chi connectivity index (χ2v) is 6.11. The minimum Gasteiger partial charge on any atom is -0.491 e. The molecule has 0 saturated heterocycles. The van der Waals surface area contributed by atoms with Crippen LogP contribution in [0.3, 0.4) is 0 Å². The fraction of sp³-hybridized carbons (Fsp3) is 0.158. The lowest BCUT2D eigenvalue weighted by Gasteiger charge is -2.16. The summed E-state index contributed by atoms with van der Waals surface area (Å²) in [5.41, 5.74) is 0.736. The summed E-state index contributed by atoms with van der Waals surface area (Å²) in [7, 11) is 0. The maximum atomic E-state index is 12.2. The van der Waals surface area contributed by atoms with Crippen molar-refractivity contribution in [3.05, 3.63) is 65.9 Å². The summed E-state index contributed by atoms with van der Waals surface area (Å²) < 4.78 is 5.63. The van der Waals surface area contributed by atoms with E-state index in [0.29, 0.717) is 17.4 Å². The number of urea groups is 1. The Labute approximate surface area is 151 Å². The van der Waals surface area contributed by atoms with E-state index in [4.69, 9.17) is 16.3 Å². The molecule has 1 atom stereocenters. The number of nitrogens with zero attached hydrogens (tertiary/aromatic N) is 1. The van der Waals surface area contributed by atoms with Crippen molar-refractivity contribution in [3.63, 3.8) is 0 Å². The molecule has 2 aromatic carbocycles. The number of halogens is 1. The van der Waals surface area contributed by atoms with Crippen molar-refractivity contribution in [2.75, 3.05) is 11.9 Å². The van der Waals surface area contributed by atoms with Crippen molar-refractivity contribution in [2.45, 2.75) is 13.0 Å². The first kappa shape index (κ1) is 17.0. The molecule has 0 saturated carbocycles. The molecule has 0 radical (unpaired) electrons. The molecule has 3 aromatic rings. The highest BCUT2D eigenvalue weighted by molar-refractivity contribution is 6.30. The van der Waals surface area contributed by atoms with Crippen LogP contribution < -0.4 is 15.4 Å². The van der Waals surface area contributed by atoms with Crippen LogP contribution in [0.25, 0.3) is 10.8 Å². The number of carbonyl (C=O) groups excluding carboxylic acids is 1. The summed E-state index contributed by atoms with van der Waals surface area (Å²) in [6.45, 7) is 2.21. The first-order valence-electron chi connectivity index (χ1n) is 7.90. The van der Waals surface area contributed by atoms with Crippen LogP contribution in [0.1, 0.15) is 6.92 Å². The van der Waals surface area contributed by atoms with Crippen molar-refractivity contribution in [1.29, 1.82) is 0 Å². The van der Waals surface area contributed by atoms with E-state index < -0.39 is 0 Å². The summed E-state index contributed by atoms with van der Waals surface area (Å²) in [4.78, 5) is 16.3. The van der Waals surface area contributed by atoms with Gasteiger partial charge in [-0.05, 0) is 37.3 Å². The second kappa shape index (κ2) is 7.85. The van der Waals surface area contributed by atoms with Crippen LogP contribution in [0.4, 0.5) is 10.5 Å². The van der Waals surface area contributed by atoms with Crippen molar-refractivity contribution >= 4 is 34.1 Å². The molecule has 0 aliphatic carbocycles. The predicted octanol–water partition coefficient (Wildman–Crippen LogP) is 4.48. The van der Waals surface area contributed by atoms with Crippen LogP contribution in [-0.2, 0) is 0 Å². The summed E-state index contributed by atoms with van der Waals surface area (Å²) in [5, 5.41) is 8.25. The number of nitrogens with one attached hydrogen (secondary N) is 2. The fourth-order valence-corrected chi connectivity index (χ4v) is 2.61. The Morgan fingerprint density at radius 3 is 2.92 bits per heavy atom. The van der Waals surface area contributed by atoms with Crippen LogP contribution in [0.2, 0.25) is 5.02 Å². The van der Waals surface area contributed by atoms with Crippen molar-refractivity contribution in [2.24, 2.45) is 0 Å². The SMILES string of the molecule is CC(COc1cccc(Cl)c1)NC(=O)Nc1cccc2cnccc12. The summed E-state index contributed by atoms with van der Waals surface area (Å²) in [6, 6.07) is 14.3. The van der Waals surface area contributed by atoms with Crippen LogP contribution >= 0.6 is 11.6 Å². The molecule has 3 rings (SSSR count). The van der Waals surface area contributed by atoms with E-state index in [9.17, 15) is 4.79 Å². The Bertz CT molecular complexity index is 880. The molecule has 128 valence electrons. The van der Waals surface area contributed by atoms with Gasteiger partial charge >= 0.3 is 6.03 Å². The monoisotopic (exact) mass is 355 g/mol. The number of hydrogen-bond donors (Lipinski definition) is 2. The standard InChI is InChI=1S/C19H18ClN3O2/c1-13(12-25-16-6-3-5-15(20)10-16)22-19(24)23-18-7-2-4-14-11-21-9-8-17(14)18/h2-11,13H,12H2,1H3,(H2,22,23,24). The molecule has 5 nitrogen and oxygen atoms in total. The second-order valence-electron chi connectivity index (χ2n) is 5.67. The highest BCUT2D eigenvalue weighted by Crippen LogP contribution is 2.22. The molecule has 0 bridgehead atoms. The number of rotatable bonds is 5. The van der Waals surface area contributed by atoms with E-state index in [-0.39, 0.29) is 12.1 Å². The van der Waals surface area contributed by atoms with E-state index in [1.807, 2.05) is 43.3 Å². The average molecular weight is 356 g/mol. The highest BCUT2D eigenvalue weighted by Gasteiger charge is 2.10. The maximum Gasteiger partial charge on any atom is 0.319 e. The zero-order valence-corrected chi connectivity index (χ0v) is 14.5. The largest absolute Gasteiger partial charge is 0.491 e. The molecule has 0 spiro atoms. The molecule has 1 aromatic heterocycles. The zero-order valence-electron chi connectivity index (χ0n) is 13.7. The molecular formula is C19H18ClN3O2. The van der Waals surface area contributed by atoms with Gasteiger partial charge < -0.3 is 15.4 Å². The Balaban J connectivity index is 1.56. The molecule has 2 amide bonds. The molecule has 0 aliphatic rings. The Morgan fingerprint density at radius 2 is 2.08 bits per heavy atom. The third-order valence-electron chi connectivity index (χ3n) is 3.60. The third kappa shape index (κ3) is 4.61. The third-order valence-corrected chi connectivity index (χ3v) is 3.84. The van der Waals surface area contributed by atoms with Gasteiger partial charge in [0.25, 0.3) is 0 Å². The number of amides is 2. The summed E-state index contributed by atoms with van der Waals surface area (Å²) in [5.74, 6) is 0.670. The van der Waals surface area contributed by atoms with Crippen LogP contribution in [-0.4, -0.2) is 23.7 Å². The van der Waals surface area contributed by atoms with Gasteiger partial charge in [0.05, 0.1) is 11.7 Å². The molecule has 1 unspecified atom stereocenters. The fourth-order valence-electron chi connectivity index (χ4n) is 2.43. The minimum atomic E-state index is -0.286. The summed E-state index contributed by atoms with van der Waals surface area (Å²) in [6.07, 6.45) is 3.47. The highest BCUT2D eigenvalue weighted by atomic mass is 35.5. The number of benzene rings is 2. The smallest absolute Gasteiger partial charge is 0.319 e. The van der Waals surface area contributed by atoms with Gasteiger partial charge in [0.2, 0.25) is 0 Å². The van der Waals surface area contributed by atoms with Crippen molar-refractivity contribution in [3.8, 4) is 5.75 Å².